The molecule has 2 N–H and O–H groups in total. The molecule has 24 heavy (non-hydrogen) atoms. The first-order chi connectivity index (χ1) is 11.7. The van der Waals surface area contributed by atoms with Crippen molar-refractivity contribution < 1.29 is 4.79 Å². The van der Waals surface area contributed by atoms with E-state index in [4.69, 9.17) is 11.6 Å². The SMILES string of the molecule is O=C(Nc1ccn(-c2ccccc2Cl)n1)[C@H]1CCCc2[nH]ncc21. The monoisotopic (exact) mass is 341 g/mol. The number of hydrogen-bond donors (Lipinski definition) is 2. The fraction of sp³-hybridized carbons (Fsp3) is 0.235. The molecule has 1 aliphatic carbocycles. The second kappa shape index (κ2) is 6.13. The number of nitrogens with zero attached hydrogens (tertiary/aromatic N) is 3. The van der Waals surface area contributed by atoms with Crippen molar-refractivity contribution in [3.8, 4) is 5.69 Å². The van der Waals surface area contributed by atoms with E-state index in [2.05, 4.69) is 20.6 Å². The maximum Gasteiger partial charge on any atom is 0.233 e. The molecule has 0 saturated heterocycles. The van der Waals surface area contributed by atoms with E-state index in [1.54, 1.807) is 29.2 Å². The molecule has 6 nitrogen and oxygen atoms in total. The minimum atomic E-state index is -0.182. The van der Waals surface area contributed by atoms with Gasteiger partial charge in [-0.05, 0) is 31.4 Å². The quantitative estimate of drug-likeness (QED) is 0.767. The highest BCUT2D eigenvalue weighted by molar-refractivity contribution is 6.32. The van der Waals surface area contributed by atoms with E-state index in [1.807, 2.05) is 18.2 Å². The van der Waals surface area contributed by atoms with Gasteiger partial charge in [0.1, 0.15) is 0 Å². The highest BCUT2D eigenvalue weighted by Crippen LogP contribution is 2.31. The van der Waals surface area contributed by atoms with Gasteiger partial charge in [0, 0.05) is 23.5 Å². The first-order valence-corrected chi connectivity index (χ1v) is 8.24. The largest absolute Gasteiger partial charge is 0.309 e. The molecule has 0 saturated carbocycles. The average Bonchev–Trinajstić information content (AvgIpc) is 3.24. The molecule has 7 heteroatoms. The Kier molecular flexibility index (Phi) is 3.82. The van der Waals surface area contributed by atoms with Crippen molar-refractivity contribution in [2.75, 3.05) is 5.32 Å². The molecular formula is C17H16ClN5O. The summed E-state index contributed by atoms with van der Waals surface area (Å²) in [6, 6.07) is 9.20. The van der Waals surface area contributed by atoms with Crippen molar-refractivity contribution in [3.05, 3.63) is 59.0 Å². The van der Waals surface area contributed by atoms with Gasteiger partial charge in [0.15, 0.2) is 5.82 Å². The van der Waals surface area contributed by atoms with Crippen molar-refractivity contribution in [2.45, 2.75) is 25.2 Å². The van der Waals surface area contributed by atoms with Gasteiger partial charge in [-0.15, -0.1) is 0 Å². The van der Waals surface area contributed by atoms with Crippen LogP contribution in [-0.4, -0.2) is 25.9 Å². The van der Waals surface area contributed by atoms with Crippen LogP contribution in [0.15, 0.2) is 42.7 Å². The fourth-order valence-corrected chi connectivity index (χ4v) is 3.33. The van der Waals surface area contributed by atoms with Gasteiger partial charge in [0.25, 0.3) is 0 Å². The Morgan fingerprint density at radius 2 is 2.21 bits per heavy atom. The summed E-state index contributed by atoms with van der Waals surface area (Å²) < 4.78 is 1.65. The zero-order valence-electron chi connectivity index (χ0n) is 12.9. The highest BCUT2D eigenvalue weighted by Gasteiger charge is 2.28. The molecular weight excluding hydrogens is 326 g/mol. The normalized spacial score (nSPS) is 16.6. The molecule has 2 aromatic heterocycles. The first kappa shape index (κ1) is 15.0. The van der Waals surface area contributed by atoms with Gasteiger partial charge in [-0.3, -0.25) is 9.89 Å². The summed E-state index contributed by atoms with van der Waals surface area (Å²) in [5.74, 6) is 0.273. The van der Waals surface area contributed by atoms with E-state index in [0.29, 0.717) is 10.8 Å². The van der Waals surface area contributed by atoms with Crippen molar-refractivity contribution >= 4 is 23.3 Å². The Labute approximate surface area is 143 Å². The molecule has 0 bridgehead atoms. The number of aromatic nitrogens is 4. The number of para-hydroxylation sites is 1. The number of nitrogens with one attached hydrogen (secondary N) is 2. The van der Waals surface area contributed by atoms with Crippen LogP contribution in [0.3, 0.4) is 0 Å². The van der Waals surface area contributed by atoms with Crippen LogP contribution in [0.4, 0.5) is 5.82 Å². The predicted octanol–water partition coefficient (Wildman–Crippen LogP) is 3.31. The second-order valence-electron chi connectivity index (χ2n) is 5.83. The first-order valence-electron chi connectivity index (χ1n) is 7.86. The van der Waals surface area contributed by atoms with Crippen molar-refractivity contribution in [3.63, 3.8) is 0 Å². The third kappa shape index (κ3) is 2.69. The Morgan fingerprint density at radius 3 is 3.08 bits per heavy atom. The van der Waals surface area contributed by atoms with Gasteiger partial charge in [-0.25, -0.2) is 4.68 Å². The summed E-state index contributed by atoms with van der Waals surface area (Å²) in [5, 5.41) is 14.9. The van der Waals surface area contributed by atoms with E-state index in [-0.39, 0.29) is 11.8 Å². The fourth-order valence-electron chi connectivity index (χ4n) is 3.11. The molecule has 0 aliphatic heterocycles. The number of hydrogen-bond acceptors (Lipinski definition) is 3. The van der Waals surface area contributed by atoms with Gasteiger partial charge >= 0.3 is 0 Å². The number of aryl methyl sites for hydroxylation is 1. The van der Waals surface area contributed by atoms with Crippen LogP contribution in [0.5, 0.6) is 0 Å². The number of aromatic amines is 1. The molecule has 0 unspecified atom stereocenters. The highest BCUT2D eigenvalue weighted by atomic mass is 35.5. The maximum absolute atomic E-state index is 12.6. The topological polar surface area (TPSA) is 75.6 Å². The Bertz CT molecular complexity index is 885. The number of rotatable bonds is 3. The smallest absolute Gasteiger partial charge is 0.233 e. The third-order valence-corrected chi connectivity index (χ3v) is 4.62. The van der Waals surface area contributed by atoms with E-state index in [9.17, 15) is 4.79 Å². The number of anilines is 1. The van der Waals surface area contributed by atoms with Crippen LogP contribution in [0.25, 0.3) is 5.69 Å². The molecule has 0 spiro atoms. The molecule has 1 atom stereocenters. The minimum Gasteiger partial charge on any atom is -0.309 e. The van der Waals surface area contributed by atoms with E-state index < -0.39 is 0 Å². The molecule has 3 aromatic rings. The van der Waals surface area contributed by atoms with Gasteiger partial charge < -0.3 is 5.32 Å². The zero-order chi connectivity index (χ0) is 16.5. The number of H-pyrrole nitrogens is 1. The summed E-state index contributed by atoms with van der Waals surface area (Å²) in [7, 11) is 0. The Hall–Kier alpha value is -2.60. The summed E-state index contributed by atoms with van der Waals surface area (Å²) in [4.78, 5) is 12.6. The number of fused-ring (bicyclic) bond motifs is 1. The lowest BCUT2D eigenvalue weighted by Gasteiger charge is -2.20. The van der Waals surface area contributed by atoms with Crippen LogP contribution in [-0.2, 0) is 11.2 Å². The van der Waals surface area contributed by atoms with Gasteiger partial charge in [-0.2, -0.15) is 10.2 Å². The summed E-state index contributed by atoms with van der Waals surface area (Å²) in [5.41, 5.74) is 2.82. The van der Waals surface area contributed by atoms with Crippen molar-refractivity contribution in [1.82, 2.24) is 20.0 Å². The minimum absolute atomic E-state index is 0.0539. The lowest BCUT2D eigenvalue weighted by molar-refractivity contribution is -0.117. The number of amides is 1. The lowest BCUT2D eigenvalue weighted by atomic mass is 9.86. The van der Waals surface area contributed by atoms with Crippen LogP contribution < -0.4 is 5.32 Å². The molecule has 1 aromatic carbocycles. The van der Waals surface area contributed by atoms with Crippen LogP contribution in [0, 0.1) is 0 Å². The van der Waals surface area contributed by atoms with E-state index >= 15 is 0 Å². The molecule has 1 aliphatic rings. The average molecular weight is 342 g/mol. The number of halogens is 1. The van der Waals surface area contributed by atoms with Crippen molar-refractivity contribution in [1.29, 1.82) is 0 Å². The van der Waals surface area contributed by atoms with Gasteiger partial charge in [0.2, 0.25) is 5.91 Å². The van der Waals surface area contributed by atoms with E-state index in [1.165, 1.54) is 0 Å². The molecule has 2 heterocycles. The summed E-state index contributed by atoms with van der Waals surface area (Å²) in [6.07, 6.45) is 6.27. The molecule has 1 amide bonds. The summed E-state index contributed by atoms with van der Waals surface area (Å²) in [6.45, 7) is 0. The Balaban J connectivity index is 1.53. The van der Waals surface area contributed by atoms with Crippen LogP contribution in [0.1, 0.15) is 30.0 Å². The zero-order valence-corrected chi connectivity index (χ0v) is 13.6. The molecule has 0 radical (unpaired) electrons. The predicted molar refractivity (Wildman–Crippen MR) is 91.5 cm³/mol. The lowest BCUT2D eigenvalue weighted by Crippen LogP contribution is -2.24. The van der Waals surface area contributed by atoms with Crippen molar-refractivity contribution in [2.24, 2.45) is 0 Å². The van der Waals surface area contributed by atoms with E-state index in [0.717, 1.165) is 36.2 Å². The maximum atomic E-state index is 12.6. The number of carbonyl (C=O) groups is 1. The van der Waals surface area contributed by atoms with Gasteiger partial charge in [-0.1, -0.05) is 23.7 Å². The number of carbonyl (C=O) groups excluding carboxylic acids is 1. The second-order valence-corrected chi connectivity index (χ2v) is 6.24. The Morgan fingerprint density at radius 1 is 1.33 bits per heavy atom. The number of benzene rings is 1. The molecule has 0 fully saturated rings. The van der Waals surface area contributed by atoms with Gasteiger partial charge in [0.05, 0.1) is 22.8 Å². The summed E-state index contributed by atoms with van der Waals surface area (Å²) >= 11 is 6.18. The third-order valence-electron chi connectivity index (χ3n) is 4.30. The van der Waals surface area contributed by atoms with Crippen LogP contribution in [0.2, 0.25) is 5.02 Å². The molecule has 4 rings (SSSR count). The van der Waals surface area contributed by atoms with Crippen LogP contribution >= 0.6 is 11.6 Å². The molecule has 122 valence electrons. The standard InChI is InChI=1S/C17H16ClN5O/c18-13-5-1-2-7-15(13)23-9-8-16(22-23)20-17(24)11-4-3-6-14-12(11)10-19-21-14/h1-2,5,7-11H,3-4,6H2,(H,19,21)(H,20,22,24)/t11-/m0/s1.